The Kier molecular flexibility index (Phi) is 4.85. The SMILES string of the molecule is CC(=O)Nc1ccnc(N[C@@H](C)c2cc3cc(F)cc(Cl)c3[nH]c2=O)n1. The summed E-state index contributed by atoms with van der Waals surface area (Å²) >= 11 is 5.97. The molecule has 1 atom stereocenters. The molecule has 3 rings (SSSR count). The molecule has 0 aliphatic carbocycles. The van der Waals surface area contributed by atoms with Crippen LogP contribution in [0.1, 0.15) is 25.5 Å². The maximum atomic E-state index is 13.6. The van der Waals surface area contributed by atoms with E-state index in [9.17, 15) is 14.0 Å². The number of carbonyl (C=O) groups excluding carboxylic acids is 1. The fourth-order valence-corrected chi connectivity index (χ4v) is 2.79. The molecular formula is C17H15ClFN5O2. The van der Waals surface area contributed by atoms with E-state index in [-0.39, 0.29) is 22.4 Å². The lowest BCUT2D eigenvalue weighted by Gasteiger charge is -2.15. The Hall–Kier alpha value is -3.00. The molecule has 2 heterocycles. The Morgan fingerprint density at radius 1 is 1.35 bits per heavy atom. The van der Waals surface area contributed by atoms with Gasteiger partial charge in [0.15, 0.2) is 0 Å². The molecule has 0 radical (unpaired) electrons. The van der Waals surface area contributed by atoms with Crippen molar-refractivity contribution in [2.75, 3.05) is 10.6 Å². The van der Waals surface area contributed by atoms with E-state index in [1.54, 1.807) is 19.1 Å². The van der Waals surface area contributed by atoms with E-state index in [0.717, 1.165) is 6.07 Å². The van der Waals surface area contributed by atoms with Gasteiger partial charge in [0.2, 0.25) is 11.9 Å². The minimum absolute atomic E-state index is 0.135. The average Bonchev–Trinajstić information content (AvgIpc) is 2.54. The number of nitrogens with zero attached hydrogens (tertiary/aromatic N) is 2. The second-order valence-corrected chi connectivity index (χ2v) is 6.13. The summed E-state index contributed by atoms with van der Waals surface area (Å²) in [5.41, 5.74) is 0.384. The number of rotatable bonds is 4. The molecule has 0 unspecified atom stereocenters. The number of hydrogen-bond acceptors (Lipinski definition) is 5. The number of hydrogen-bond donors (Lipinski definition) is 3. The smallest absolute Gasteiger partial charge is 0.253 e. The molecule has 0 spiro atoms. The van der Waals surface area contributed by atoms with Gasteiger partial charge in [0.25, 0.3) is 5.56 Å². The van der Waals surface area contributed by atoms with E-state index in [4.69, 9.17) is 11.6 Å². The molecule has 134 valence electrons. The van der Waals surface area contributed by atoms with E-state index in [2.05, 4.69) is 25.6 Å². The van der Waals surface area contributed by atoms with Crippen molar-refractivity contribution < 1.29 is 9.18 Å². The van der Waals surface area contributed by atoms with Crippen LogP contribution in [0.3, 0.4) is 0 Å². The summed E-state index contributed by atoms with van der Waals surface area (Å²) in [5.74, 6) is -0.177. The molecule has 2 aromatic heterocycles. The number of amides is 1. The van der Waals surface area contributed by atoms with Crippen molar-refractivity contribution in [3.05, 3.63) is 57.2 Å². The summed E-state index contributed by atoms with van der Waals surface area (Å²) in [4.78, 5) is 34.4. The van der Waals surface area contributed by atoms with E-state index in [0.29, 0.717) is 22.3 Å². The van der Waals surface area contributed by atoms with Gasteiger partial charge in [-0.3, -0.25) is 9.59 Å². The van der Waals surface area contributed by atoms with Gasteiger partial charge in [-0.2, -0.15) is 4.98 Å². The van der Waals surface area contributed by atoms with Crippen LogP contribution in [0.15, 0.2) is 35.3 Å². The van der Waals surface area contributed by atoms with Crippen molar-refractivity contribution in [1.29, 1.82) is 0 Å². The fourth-order valence-electron chi connectivity index (χ4n) is 2.53. The summed E-state index contributed by atoms with van der Waals surface area (Å²) in [6, 6.07) is 5.07. The van der Waals surface area contributed by atoms with Gasteiger partial charge in [-0.25, -0.2) is 9.37 Å². The van der Waals surface area contributed by atoms with Crippen LogP contribution in [0.4, 0.5) is 16.2 Å². The predicted molar refractivity (Wildman–Crippen MR) is 97.9 cm³/mol. The highest BCUT2D eigenvalue weighted by Crippen LogP contribution is 2.24. The van der Waals surface area contributed by atoms with E-state index in [1.807, 2.05) is 0 Å². The first kappa shape index (κ1) is 17.8. The number of nitrogens with one attached hydrogen (secondary N) is 3. The average molecular weight is 376 g/mol. The molecule has 1 aromatic carbocycles. The molecule has 26 heavy (non-hydrogen) atoms. The van der Waals surface area contributed by atoms with Crippen molar-refractivity contribution in [2.24, 2.45) is 0 Å². The van der Waals surface area contributed by atoms with E-state index < -0.39 is 11.9 Å². The van der Waals surface area contributed by atoms with Crippen molar-refractivity contribution >= 4 is 40.2 Å². The minimum atomic E-state index is -0.493. The molecule has 0 bridgehead atoms. The normalized spacial score (nSPS) is 12.0. The van der Waals surface area contributed by atoms with Crippen molar-refractivity contribution in [3.8, 4) is 0 Å². The molecule has 0 saturated carbocycles. The Morgan fingerprint density at radius 2 is 2.12 bits per heavy atom. The summed E-state index contributed by atoms with van der Waals surface area (Å²) < 4.78 is 13.6. The number of benzene rings is 1. The van der Waals surface area contributed by atoms with E-state index >= 15 is 0 Å². The lowest BCUT2D eigenvalue weighted by Crippen LogP contribution is -2.20. The monoisotopic (exact) mass is 375 g/mol. The van der Waals surface area contributed by atoms with Crippen LogP contribution < -0.4 is 16.2 Å². The molecule has 1 amide bonds. The first-order valence-corrected chi connectivity index (χ1v) is 8.10. The Balaban J connectivity index is 1.93. The predicted octanol–water partition coefficient (Wildman–Crippen LogP) is 3.24. The molecule has 9 heteroatoms. The zero-order chi connectivity index (χ0) is 18.8. The second kappa shape index (κ2) is 7.09. The van der Waals surface area contributed by atoms with Crippen LogP contribution in [-0.4, -0.2) is 20.9 Å². The number of carbonyl (C=O) groups is 1. The van der Waals surface area contributed by atoms with Crippen LogP contribution >= 0.6 is 11.6 Å². The van der Waals surface area contributed by atoms with Crippen molar-refractivity contribution in [3.63, 3.8) is 0 Å². The zero-order valence-electron chi connectivity index (χ0n) is 13.9. The van der Waals surface area contributed by atoms with Gasteiger partial charge in [0.05, 0.1) is 16.6 Å². The van der Waals surface area contributed by atoms with Gasteiger partial charge in [-0.05, 0) is 31.2 Å². The maximum Gasteiger partial charge on any atom is 0.253 e. The summed E-state index contributed by atoms with van der Waals surface area (Å²) in [6.45, 7) is 3.11. The number of anilines is 2. The molecule has 7 nitrogen and oxygen atoms in total. The van der Waals surface area contributed by atoms with E-state index in [1.165, 1.54) is 19.2 Å². The lowest BCUT2D eigenvalue weighted by molar-refractivity contribution is -0.114. The number of aromatic nitrogens is 3. The van der Waals surface area contributed by atoms with Gasteiger partial charge in [-0.1, -0.05) is 11.6 Å². The molecule has 0 aliphatic heterocycles. The number of pyridine rings is 1. The van der Waals surface area contributed by atoms with Gasteiger partial charge >= 0.3 is 0 Å². The van der Waals surface area contributed by atoms with Crippen molar-refractivity contribution in [1.82, 2.24) is 15.0 Å². The highest BCUT2D eigenvalue weighted by molar-refractivity contribution is 6.35. The zero-order valence-corrected chi connectivity index (χ0v) is 14.7. The van der Waals surface area contributed by atoms with Crippen LogP contribution in [0.25, 0.3) is 10.9 Å². The molecule has 0 fully saturated rings. The molecule has 3 N–H and O–H groups in total. The molecule has 3 aromatic rings. The molecule has 0 saturated heterocycles. The number of H-pyrrole nitrogens is 1. The van der Waals surface area contributed by atoms with Gasteiger partial charge in [-0.15, -0.1) is 0 Å². The van der Waals surface area contributed by atoms with Crippen LogP contribution in [-0.2, 0) is 4.79 Å². The largest absolute Gasteiger partial charge is 0.347 e. The standard InChI is InChI=1S/C17H15ClFN5O2/c1-8(21-17-20-4-3-14(23-17)22-9(2)25)12-6-10-5-11(19)7-13(18)15(10)24-16(12)26/h3-8H,1-2H3,(H,24,26)(H2,20,21,22,23,25)/t8-/m0/s1. The second-order valence-electron chi connectivity index (χ2n) is 5.72. The third kappa shape index (κ3) is 3.80. The van der Waals surface area contributed by atoms with Gasteiger partial charge in [0.1, 0.15) is 11.6 Å². The highest BCUT2D eigenvalue weighted by atomic mass is 35.5. The third-order valence-electron chi connectivity index (χ3n) is 3.67. The highest BCUT2D eigenvalue weighted by Gasteiger charge is 2.14. The maximum absolute atomic E-state index is 13.6. The van der Waals surface area contributed by atoms with Gasteiger partial charge < -0.3 is 15.6 Å². The third-order valence-corrected chi connectivity index (χ3v) is 3.97. The minimum Gasteiger partial charge on any atom is -0.347 e. The Labute approximate surface area is 152 Å². The van der Waals surface area contributed by atoms with Crippen molar-refractivity contribution in [2.45, 2.75) is 19.9 Å². The Morgan fingerprint density at radius 3 is 2.85 bits per heavy atom. The summed E-state index contributed by atoms with van der Waals surface area (Å²) in [7, 11) is 0. The topological polar surface area (TPSA) is 99.8 Å². The molecular weight excluding hydrogens is 361 g/mol. The summed E-state index contributed by atoms with van der Waals surface area (Å²) in [6.07, 6.45) is 1.48. The van der Waals surface area contributed by atoms with Gasteiger partial charge in [0, 0.05) is 24.1 Å². The Bertz CT molecular complexity index is 1050. The fraction of sp³-hybridized carbons (Fsp3) is 0.176. The molecule has 0 aliphatic rings. The first-order chi connectivity index (χ1) is 12.3. The van der Waals surface area contributed by atoms with Crippen LogP contribution in [0.5, 0.6) is 0 Å². The number of aromatic amines is 1. The van der Waals surface area contributed by atoms with Crippen LogP contribution in [0, 0.1) is 5.82 Å². The summed E-state index contributed by atoms with van der Waals surface area (Å²) in [5, 5.41) is 6.15. The quantitative estimate of drug-likeness (QED) is 0.650. The van der Waals surface area contributed by atoms with Crippen LogP contribution in [0.2, 0.25) is 5.02 Å². The number of halogens is 2. The lowest BCUT2D eigenvalue weighted by atomic mass is 10.1. The number of fused-ring (bicyclic) bond motifs is 1. The first-order valence-electron chi connectivity index (χ1n) is 7.72.